The van der Waals surface area contributed by atoms with E-state index in [-0.39, 0.29) is 0 Å². The maximum absolute atomic E-state index is 10.1. The molecule has 1 N–H and O–H groups in total. The number of aliphatic hydroxyl groups excluding tert-OH is 1. The zero-order chi connectivity index (χ0) is 11.5. The van der Waals surface area contributed by atoms with Crippen LogP contribution in [0.5, 0.6) is 0 Å². The average Bonchev–Trinajstić information content (AvgIpc) is 2.86. The molecule has 2 aromatic heterocycles. The molecule has 0 spiro atoms. The van der Waals surface area contributed by atoms with Crippen LogP contribution in [0, 0.1) is 6.92 Å². The van der Waals surface area contributed by atoms with E-state index in [0.29, 0.717) is 6.42 Å². The molecule has 0 saturated heterocycles. The lowest BCUT2D eigenvalue weighted by atomic mass is 10.2. The maximum atomic E-state index is 10.1. The number of rotatable bonds is 4. The highest BCUT2D eigenvalue weighted by Gasteiger charge is 2.14. The minimum Gasteiger partial charge on any atom is -0.387 e. The number of aliphatic hydroxyl groups is 1. The van der Waals surface area contributed by atoms with Crippen LogP contribution in [0.2, 0.25) is 0 Å². The molecule has 4 nitrogen and oxygen atoms in total. The first-order valence-electron chi connectivity index (χ1n) is 5.31. The predicted molar refractivity (Wildman–Crippen MR) is 63.4 cm³/mol. The summed E-state index contributed by atoms with van der Waals surface area (Å²) in [6.45, 7) is 4.83. The van der Waals surface area contributed by atoms with E-state index in [2.05, 4.69) is 10.1 Å². The van der Waals surface area contributed by atoms with E-state index in [4.69, 9.17) is 0 Å². The quantitative estimate of drug-likeness (QED) is 0.884. The Bertz CT molecular complexity index is 463. The Kier molecular flexibility index (Phi) is 3.36. The summed E-state index contributed by atoms with van der Waals surface area (Å²) in [6, 6.07) is 3.99. The zero-order valence-electron chi connectivity index (χ0n) is 9.42. The Hall–Kier alpha value is -1.20. The van der Waals surface area contributed by atoms with Crippen molar-refractivity contribution in [3.8, 4) is 0 Å². The van der Waals surface area contributed by atoms with E-state index < -0.39 is 6.10 Å². The molecule has 0 aliphatic rings. The highest BCUT2D eigenvalue weighted by atomic mass is 32.1. The molecule has 0 fully saturated rings. The molecule has 1 atom stereocenters. The fraction of sp³-hybridized carbons (Fsp3) is 0.455. The summed E-state index contributed by atoms with van der Waals surface area (Å²) in [4.78, 5) is 6.36. The summed E-state index contributed by atoms with van der Waals surface area (Å²) >= 11 is 1.62. The highest BCUT2D eigenvalue weighted by molar-refractivity contribution is 7.12. The van der Waals surface area contributed by atoms with E-state index in [1.165, 1.54) is 11.2 Å². The van der Waals surface area contributed by atoms with Gasteiger partial charge >= 0.3 is 0 Å². The third kappa shape index (κ3) is 2.31. The second kappa shape index (κ2) is 4.76. The van der Waals surface area contributed by atoms with Crippen LogP contribution < -0.4 is 0 Å². The number of nitrogens with zero attached hydrogens (tertiary/aromatic N) is 3. The van der Waals surface area contributed by atoms with Crippen LogP contribution in [0.1, 0.15) is 28.6 Å². The second-order valence-electron chi connectivity index (χ2n) is 3.66. The molecule has 16 heavy (non-hydrogen) atoms. The molecule has 0 aliphatic carbocycles. The number of aromatic nitrogens is 3. The van der Waals surface area contributed by atoms with Crippen molar-refractivity contribution in [2.75, 3.05) is 0 Å². The van der Waals surface area contributed by atoms with Gasteiger partial charge in [-0.25, -0.2) is 4.98 Å². The first-order valence-corrected chi connectivity index (χ1v) is 6.13. The van der Waals surface area contributed by atoms with Gasteiger partial charge in [0.15, 0.2) is 0 Å². The lowest BCUT2D eigenvalue weighted by Gasteiger charge is -2.08. The van der Waals surface area contributed by atoms with Crippen molar-refractivity contribution in [2.24, 2.45) is 0 Å². The van der Waals surface area contributed by atoms with Gasteiger partial charge < -0.3 is 5.11 Å². The molecule has 2 rings (SSSR count). The van der Waals surface area contributed by atoms with E-state index >= 15 is 0 Å². The summed E-state index contributed by atoms with van der Waals surface area (Å²) in [5.74, 6) is 0.834. The fourth-order valence-corrected chi connectivity index (χ4v) is 2.48. The Labute approximate surface area is 98.6 Å². The predicted octanol–water partition coefficient (Wildman–Crippen LogP) is 1.94. The Morgan fingerprint density at radius 1 is 1.50 bits per heavy atom. The van der Waals surface area contributed by atoms with Gasteiger partial charge in [-0.1, -0.05) is 0 Å². The van der Waals surface area contributed by atoms with Crippen molar-refractivity contribution in [3.63, 3.8) is 0 Å². The van der Waals surface area contributed by atoms with E-state index in [9.17, 15) is 5.11 Å². The third-order valence-corrected chi connectivity index (χ3v) is 3.56. The number of aryl methyl sites for hydroxylation is 2. The first kappa shape index (κ1) is 11.3. The van der Waals surface area contributed by atoms with Crippen LogP contribution in [0.4, 0.5) is 0 Å². The van der Waals surface area contributed by atoms with Crippen molar-refractivity contribution in [2.45, 2.75) is 32.9 Å². The van der Waals surface area contributed by atoms with Crippen molar-refractivity contribution in [3.05, 3.63) is 34.0 Å². The SMILES string of the molecule is CCn1ncnc1CC(O)c1ccc(C)s1. The van der Waals surface area contributed by atoms with Gasteiger partial charge in [-0.15, -0.1) is 11.3 Å². The van der Waals surface area contributed by atoms with Gasteiger partial charge in [0.1, 0.15) is 12.2 Å². The van der Waals surface area contributed by atoms with E-state index in [1.807, 2.05) is 30.7 Å². The van der Waals surface area contributed by atoms with Gasteiger partial charge in [-0.05, 0) is 26.0 Å². The first-order chi connectivity index (χ1) is 7.70. The summed E-state index contributed by atoms with van der Waals surface area (Å²) in [7, 11) is 0. The van der Waals surface area contributed by atoms with Crippen LogP contribution in [0.15, 0.2) is 18.5 Å². The van der Waals surface area contributed by atoms with Gasteiger partial charge in [0.25, 0.3) is 0 Å². The van der Waals surface area contributed by atoms with Crippen LogP contribution in [0.3, 0.4) is 0 Å². The summed E-state index contributed by atoms with van der Waals surface area (Å²) in [5.41, 5.74) is 0. The molecule has 0 aromatic carbocycles. The lowest BCUT2D eigenvalue weighted by molar-refractivity contribution is 0.178. The molecule has 0 amide bonds. The largest absolute Gasteiger partial charge is 0.387 e. The normalized spacial score (nSPS) is 12.9. The molecule has 0 radical (unpaired) electrons. The van der Waals surface area contributed by atoms with Crippen molar-refractivity contribution in [1.82, 2.24) is 14.8 Å². The lowest BCUT2D eigenvalue weighted by Crippen LogP contribution is -2.08. The van der Waals surface area contributed by atoms with Crippen molar-refractivity contribution >= 4 is 11.3 Å². The number of hydrogen-bond donors (Lipinski definition) is 1. The smallest absolute Gasteiger partial charge is 0.138 e. The van der Waals surface area contributed by atoms with Crippen molar-refractivity contribution in [1.29, 1.82) is 0 Å². The van der Waals surface area contributed by atoms with Crippen LogP contribution in [-0.2, 0) is 13.0 Å². The second-order valence-corrected chi connectivity index (χ2v) is 4.98. The highest BCUT2D eigenvalue weighted by Crippen LogP contribution is 2.24. The van der Waals surface area contributed by atoms with Gasteiger partial charge in [-0.3, -0.25) is 4.68 Å². The Morgan fingerprint density at radius 2 is 2.31 bits per heavy atom. The Balaban J connectivity index is 2.10. The standard InChI is InChI=1S/C11H15N3OS/c1-3-14-11(12-7-13-14)6-9(15)10-5-4-8(2)16-10/h4-5,7,9,15H,3,6H2,1-2H3. The van der Waals surface area contributed by atoms with Gasteiger partial charge in [-0.2, -0.15) is 5.10 Å². The monoisotopic (exact) mass is 237 g/mol. The van der Waals surface area contributed by atoms with Crippen LogP contribution in [-0.4, -0.2) is 19.9 Å². The zero-order valence-corrected chi connectivity index (χ0v) is 10.2. The number of thiophene rings is 1. The van der Waals surface area contributed by atoms with Gasteiger partial charge in [0.2, 0.25) is 0 Å². The molecule has 1 unspecified atom stereocenters. The molecule has 0 saturated carbocycles. The number of hydrogen-bond acceptors (Lipinski definition) is 4. The summed E-state index contributed by atoms with van der Waals surface area (Å²) < 4.78 is 1.81. The van der Waals surface area contributed by atoms with E-state index in [0.717, 1.165) is 17.2 Å². The molecule has 2 heterocycles. The fourth-order valence-electron chi connectivity index (χ4n) is 1.62. The van der Waals surface area contributed by atoms with Crippen LogP contribution >= 0.6 is 11.3 Å². The third-order valence-electron chi connectivity index (χ3n) is 2.46. The van der Waals surface area contributed by atoms with Crippen molar-refractivity contribution < 1.29 is 5.11 Å². The van der Waals surface area contributed by atoms with E-state index in [1.54, 1.807) is 11.3 Å². The maximum Gasteiger partial charge on any atom is 0.138 e. The van der Waals surface area contributed by atoms with Gasteiger partial charge in [0, 0.05) is 22.7 Å². The molecular formula is C11H15N3OS. The minimum atomic E-state index is -0.479. The summed E-state index contributed by atoms with van der Waals surface area (Å²) in [6.07, 6.45) is 1.58. The molecule has 2 aromatic rings. The van der Waals surface area contributed by atoms with Gasteiger partial charge in [0.05, 0.1) is 6.10 Å². The topological polar surface area (TPSA) is 50.9 Å². The van der Waals surface area contributed by atoms with Crippen LogP contribution in [0.25, 0.3) is 0 Å². The molecular weight excluding hydrogens is 222 g/mol. The molecule has 0 bridgehead atoms. The average molecular weight is 237 g/mol. The Morgan fingerprint density at radius 3 is 2.94 bits per heavy atom. The minimum absolute atomic E-state index is 0.479. The summed E-state index contributed by atoms with van der Waals surface area (Å²) in [5, 5.41) is 14.1. The molecule has 86 valence electrons. The molecule has 0 aliphatic heterocycles. The molecule has 5 heteroatoms.